The van der Waals surface area contributed by atoms with Crippen molar-refractivity contribution in [2.75, 3.05) is 13.6 Å². The van der Waals surface area contributed by atoms with Crippen LogP contribution in [0.2, 0.25) is 0 Å². The molecule has 5 nitrogen and oxygen atoms in total. The Morgan fingerprint density at radius 3 is 2.83 bits per heavy atom. The van der Waals surface area contributed by atoms with E-state index in [1.54, 1.807) is 0 Å². The van der Waals surface area contributed by atoms with E-state index in [4.69, 9.17) is 0 Å². The van der Waals surface area contributed by atoms with E-state index >= 15 is 0 Å². The lowest BCUT2D eigenvalue weighted by molar-refractivity contribution is -0.135. The number of rotatable bonds is 4. The van der Waals surface area contributed by atoms with Crippen LogP contribution in [0.5, 0.6) is 0 Å². The summed E-state index contributed by atoms with van der Waals surface area (Å²) in [5.41, 5.74) is 2.08. The van der Waals surface area contributed by atoms with Crippen molar-refractivity contribution in [1.29, 1.82) is 0 Å². The number of piperidine rings is 1. The molecule has 130 valence electrons. The zero-order valence-electron chi connectivity index (χ0n) is 14.2. The minimum absolute atomic E-state index is 0. The molecule has 2 heterocycles. The van der Waals surface area contributed by atoms with Crippen LogP contribution in [-0.4, -0.2) is 40.2 Å². The number of halogens is 1. The molecule has 24 heavy (non-hydrogen) atoms. The zero-order valence-corrected chi connectivity index (χ0v) is 15.0. The van der Waals surface area contributed by atoms with E-state index in [9.17, 15) is 4.79 Å². The summed E-state index contributed by atoms with van der Waals surface area (Å²) >= 11 is 0. The third kappa shape index (κ3) is 4.36. The predicted octanol–water partition coefficient (Wildman–Crippen LogP) is 2.64. The molecule has 1 N–H and O–H groups in total. The molecule has 1 amide bonds. The van der Waals surface area contributed by atoms with Crippen molar-refractivity contribution < 1.29 is 4.79 Å². The topological polar surface area (TPSA) is 50.2 Å². The normalized spacial score (nSPS) is 20.2. The van der Waals surface area contributed by atoms with E-state index in [-0.39, 0.29) is 24.2 Å². The fraction of sp³-hybridized carbons (Fsp3) is 0.444. The number of aromatic nitrogens is 2. The maximum Gasteiger partial charge on any atom is 0.225 e. The predicted molar refractivity (Wildman–Crippen MR) is 97.5 cm³/mol. The van der Waals surface area contributed by atoms with Gasteiger partial charge in [-0.05, 0) is 38.4 Å². The van der Waals surface area contributed by atoms with E-state index in [0.29, 0.717) is 12.6 Å². The summed E-state index contributed by atoms with van der Waals surface area (Å²) < 4.78 is 1.85. The largest absolute Gasteiger partial charge is 0.341 e. The van der Waals surface area contributed by atoms with Crippen molar-refractivity contribution >= 4 is 18.3 Å². The van der Waals surface area contributed by atoms with Crippen molar-refractivity contribution in [3.8, 4) is 5.69 Å². The van der Waals surface area contributed by atoms with Crippen LogP contribution in [0.15, 0.2) is 42.7 Å². The second kappa shape index (κ2) is 8.31. The van der Waals surface area contributed by atoms with E-state index in [1.807, 2.05) is 59.4 Å². The lowest BCUT2D eigenvalue weighted by atomic mass is 9.92. The van der Waals surface area contributed by atoms with Crippen LogP contribution >= 0.6 is 12.4 Å². The van der Waals surface area contributed by atoms with Crippen molar-refractivity contribution in [3.63, 3.8) is 0 Å². The molecule has 1 aromatic heterocycles. The van der Waals surface area contributed by atoms with Gasteiger partial charge in [0.15, 0.2) is 0 Å². The first-order valence-electron chi connectivity index (χ1n) is 8.21. The molecule has 1 saturated heterocycles. The van der Waals surface area contributed by atoms with E-state index < -0.39 is 0 Å². The fourth-order valence-electron chi connectivity index (χ4n) is 3.18. The van der Waals surface area contributed by atoms with E-state index in [1.165, 1.54) is 0 Å². The minimum Gasteiger partial charge on any atom is -0.341 e. The highest BCUT2D eigenvalue weighted by Gasteiger charge is 2.27. The third-order valence-electron chi connectivity index (χ3n) is 4.43. The maximum atomic E-state index is 12.6. The lowest BCUT2D eigenvalue weighted by Gasteiger charge is -2.30. The number of para-hydroxylation sites is 1. The van der Waals surface area contributed by atoms with Crippen LogP contribution in [-0.2, 0) is 11.3 Å². The molecule has 0 radical (unpaired) electrons. The van der Waals surface area contributed by atoms with Crippen LogP contribution in [0.4, 0.5) is 0 Å². The molecular formula is C18H25ClN4O. The van der Waals surface area contributed by atoms with Gasteiger partial charge in [-0.3, -0.25) is 4.79 Å². The standard InChI is InChI=1S/C18H24N4O.ClH/c1-14-10-16(8-9-19-14)18(23)21(2)12-15-11-20-22(13-15)17-6-4-3-5-7-17;/h3-7,11,13-14,16,19H,8-10,12H2,1-2H3;1H/t14-,16-;/m0./s1. The van der Waals surface area contributed by atoms with Crippen molar-refractivity contribution in [2.45, 2.75) is 32.4 Å². The summed E-state index contributed by atoms with van der Waals surface area (Å²) in [5.74, 6) is 0.381. The fourth-order valence-corrected chi connectivity index (χ4v) is 3.18. The van der Waals surface area contributed by atoms with Gasteiger partial charge >= 0.3 is 0 Å². The molecule has 6 heteroatoms. The molecule has 0 saturated carbocycles. The van der Waals surface area contributed by atoms with Gasteiger partial charge < -0.3 is 10.2 Å². The molecule has 0 aliphatic carbocycles. The Morgan fingerprint density at radius 1 is 1.38 bits per heavy atom. The first kappa shape index (κ1) is 18.5. The molecule has 2 aromatic rings. The van der Waals surface area contributed by atoms with E-state index in [0.717, 1.165) is 30.6 Å². The zero-order chi connectivity index (χ0) is 16.2. The second-order valence-corrected chi connectivity index (χ2v) is 6.40. The van der Waals surface area contributed by atoms with Crippen molar-refractivity contribution in [3.05, 3.63) is 48.3 Å². The molecule has 0 unspecified atom stereocenters. The van der Waals surface area contributed by atoms with Crippen LogP contribution in [0, 0.1) is 5.92 Å². The Hall–Kier alpha value is -1.85. The number of carbonyl (C=O) groups excluding carboxylic acids is 1. The Kier molecular flexibility index (Phi) is 6.40. The van der Waals surface area contributed by atoms with Gasteiger partial charge in [-0.1, -0.05) is 18.2 Å². The van der Waals surface area contributed by atoms with Gasteiger partial charge in [0.25, 0.3) is 0 Å². The summed E-state index contributed by atoms with van der Waals surface area (Å²) in [5, 5.41) is 7.78. The Balaban J connectivity index is 0.00000208. The quantitative estimate of drug-likeness (QED) is 0.924. The van der Waals surface area contributed by atoms with Gasteiger partial charge in [0, 0.05) is 37.3 Å². The highest BCUT2D eigenvalue weighted by molar-refractivity contribution is 5.85. The molecule has 0 bridgehead atoms. The summed E-state index contributed by atoms with van der Waals surface area (Å²) in [6, 6.07) is 10.4. The Bertz CT molecular complexity index is 658. The highest BCUT2D eigenvalue weighted by Crippen LogP contribution is 2.19. The number of nitrogens with zero attached hydrogens (tertiary/aromatic N) is 3. The number of carbonyl (C=O) groups is 1. The first-order chi connectivity index (χ1) is 11.1. The van der Waals surface area contributed by atoms with Crippen LogP contribution in [0.25, 0.3) is 5.69 Å². The van der Waals surface area contributed by atoms with Crippen molar-refractivity contribution in [1.82, 2.24) is 20.0 Å². The average molecular weight is 349 g/mol. The van der Waals surface area contributed by atoms with Crippen molar-refractivity contribution in [2.24, 2.45) is 5.92 Å². The summed E-state index contributed by atoms with van der Waals surface area (Å²) in [4.78, 5) is 14.4. The van der Waals surface area contributed by atoms with E-state index in [2.05, 4.69) is 17.3 Å². The maximum absolute atomic E-state index is 12.6. The number of nitrogens with one attached hydrogen (secondary N) is 1. The molecule has 1 aromatic carbocycles. The Labute approximate surface area is 149 Å². The van der Waals surface area contributed by atoms with Gasteiger partial charge in [0.2, 0.25) is 5.91 Å². The molecule has 3 rings (SSSR count). The second-order valence-electron chi connectivity index (χ2n) is 6.40. The van der Waals surface area contributed by atoms with Gasteiger partial charge in [0.05, 0.1) is 11.9 Å². The monoisotopic (exact) mass is 348 g/mol. The summed E-state index contributed by atoms with van der Waals surface area (Å²) in [7, 11) is 1.88. The minimum atomic E-state index is 0. The van der Waals surface area contributed by atoms with Gasteiger partial charge in [0.1, 0.15) is 0 Å². The molecule has 1 fully saturated rings. The number of benzene rings is 1. The van der Waals surface area contributed by atoms with Crippen LogP contribution in [0.1, 0.15) is 25.3 Å². The molecule has 0 spiro atoms. The highest BCUT2D eigenvalue weighted by atomic mass is 35.5. The van der Waals surface area contributed by atoms with Crippen LogP contribution < -0.4 is 5.32 Å². The number of hydrogen-bond acceptors (Lipinski definition) is 3. The number of amides is 1. The van der Waals surface area contributed by atoms with Gasteiger partial charge in [-0.25, -0.2) is 4.68 Å². The van der Waals surface area contributed by atoms with Gasteiger partial charge in [-0.2, -0.15) is 5.10 Å². The Morgan fingerprint density at radius 2 is 2.12 bits per heavy atom. The molecule has 1 aliphatic heterocycles. The molecule has 2 atom stereocenters. The average Bonchev–Trinajstić information content (AvgIpc) is 3.03. The first-order valence-corrected chi connectivity index (χ1v) is 8.21. The lowest BCUT2D eigenvalue weighted by Crippen LogP contribution is -2.42. The molecule has 1 aliphatic rings. The van der Waals surface area contributed by atoms with Crippen LogP contribution in [0.3, 0.4) is 0 Å². The van der Waals surface area contributed by atoms with Gasteiger partial charge in [-0.15, -0.1) is 12.4 Å². The SMILES string of the molecule is C[C@H]1C[C@@H](C(=O)N(C)Cc2cnn(-c3ccccc3)c2)CCN1.Cl. The number of hydrogen-bond donors (Lipinski definition) is 1. The summed E-state index contributed by atoms with van der Waals surface area (Å²) in [6.45, 7) is 3.67. The molecular weight excluding hydrogens is 324 g/mol. The smallest absolute Gasteiger partial charge is 0.225 e. The third-order valence-corrected chi connectivity index (χ3v) is 4.43. The summed E-state index contributed by atoms with van der Waals surface area (Å²) in [6.07, 6.45) is 5.68.